The van der Waals surface area contributed by atoms with Crippen molar-refractivity contribution in [3.63, 3.8) is 0 Å². The molecule has 2 N–H and O–H groups in total. The molecule has 8 heteroatoms. The smallest absolute Gasteiger partial charge is 0.287 e. The molecular weight excluding hydrogens is 334 g/mol. The van der Waals surface area contributed by atoms with Gasteiger partial charge >= 0.3 is 0 Å². The van der Waals surface area contributed by atoms with Crippen molar-refractivity contribution in [2.24, 2.45) is 5.10 Å². The molecule has 3 rings (SSSR count). The lowest BCUT2D eigenvalue weighted by Crippen LogP contribution is -1.99. The molecule has 0 saturated heterocycles. The highest BCUT2D eigenvalue weighted by atomic mass is 16.6. The van der Waals surface area contributed by atoms with Crippen LogP contribution in [-0.4, -0.2) is 25.8 Å². The van der Waals surface area contributed by atoms with E-state index >= 15 is 0 Å². The third-order valence-corrected chi connectivity index (χ3v) is 3.92. The molecule has 0 atom stereocenters. The second kappa shape index (κ2) is 7.06. The number of aromatic hydroxyl groups is 1. The molecule has 132 valence electrons. The summed E-state index contributed by atoms with van der Waals surface area (Å²) in [4.78, 5) is 14.1. The fourth-order valence-electron chi connectivity index (χ4n) is 2.65. The lowest BCUT2D eigenvalue weighted by molar-refractivity contribution is -0.385. The number of nitro groups is 1. The van der Waals surface area contributed by atoms with Gasteiger partial charge in [-0.05, 0) is 50.2 Å². The quantitative estimate of drug-likeness (QED) is 0.415. The van der Waals surface area contributed by atoms with Crippen LogP contribution < -0.4 is 5.43 Å². The average molecular weight is 351 g/mol. The van der Waals surface area contributed by atoms with Crippen LogP contribution in [0.5, 0.6) is 5.75 Å². The predicted molar refractivity (Wildman–Crippen MR) is 99.0 cm³/mol. The zero-order chi connectivity index (χ0) is 18.7. The number of hydrogen-bond acceptors (Lipinski definition) is 6. The van der Waals surface area contributed by atoms with Crippen molar-refractivity contribution >= 4 is 17.7 Å². The molecule has 0 aliphatic carbocycles. The fraction of sp³-hybridized carbons (Fsp3) is 0.111. The Kier molecular flexibility index (Phi) is 4.66. The molecule has 0 saturated carbocycles. The molecule has 0 aliphatic heterocycles. The predicted octanol–water partition coefficient (Wildman–Crippen LogP) is 3.55. The van der Waals surface area contributed by atoms with Crippen molar-refractivity contribution in [1.82, 2.24) is 9.55 Å². The zero-order valence-corrected chi connectivity index (χ0v) is 14.2. The Labute approximate surface area is 149 Å². The number of hydrazone groups is 1. The molecular formula is C18H17N5O3. The Morgan fingerprint density at radius 2 is 1.96 bits per heavy atom. The topological polar surface area (TPSA) is 106 Å². The van der Waals surface area contributed by atoms with Gasteiger partial charge in [-0.3, -0.25) is 15.5 Å². The molecule has 0 unspecified atom stereocenters. The second-order valence-electron chi connectivity index (χ2n) is 5.71. The van der Waals surface area contributed by atoms with E-state index in [-0.39, 0.29) is 11.4 Å². The molecule has 26 heavy (non-hydrogen) atoms. The number of hydrogen-bond donors (Lipinski definition) is 2. The SMILES string of the molecule is Cc1cc(/C=N\Nc2ccc([N+](=O)[O-])cn2)c(C)n1-c1ccc(O)cc1. The van der Waals surface area contributed by atoms with Crippen molar-refractivity contribution in [3.8, 4) is 11.4 Å². The van der Waals surface area contributed by atoms with Gasteiger partial charge in [-0.1, -0.05) is 0 Å². The first-order valence-electron chi connectivity index (χ1n) is 7.83. The number of nitrogens with zero attached hydrogens (tertiary/aromatic N) is 4. The van der Waals surface area contributed by atoms with Crippen molar-refractivity contribution < 1.29 is 10.0 Å². The fourth-order valence-corrected chi connectivity index (χ4v) is 2.65. The van der Waals surface area contributed by atoms with Crippen LogP contribution >= 0.6 is 0 Å². The van der Waals surface area contributed by atoms with Gasteiger partial charge in [-0.2, -0.15) is 5.10 Å². The van der Waals surface area contributed by atoms with Gasteiger partial charge in [0.15, 0.2) is 0 Å². The van der Waals surface area contributed by atoms with E-state index in [1.165, 1.54) is 18.3 Å². The second-order valence-corrected chi connectivity index (χ2v) is 5.71. The first-order chi connectivity index (χ1) is 12.5. The number of phenols is 1. The van der Waals surface area contributed by atoms with Crippen LogP contribution in [0, 0.1) is 24.0 Å². The minimum atomic E-state index is -0.502. The lowest BCUT2D eigenvalue weighted by Gasteiger charge is -2.09. The number of aromatic nitrogens is 2. The molecule has 0 amide bonds. The molecule has 0 aliphatic rings. The highest BCUT2D eigenvalue weighted by Crippen LogP contribution is 2.21. The third-order valence-electron chi connectivity index (χ3n) is 3.92. The maximum atomic E-state index is 10.6. The van der Waals surface area contributed by atoms with E-state index in [4.69, 9.17) is 0 Å². The Hall–Kier alpha value is -3.68. The number of benzene rings is 1. The normalized spacial score (nSPS) is 11.0. The molecule has 0 bridgehead atoms. The van der Waals surface area contributed by atoms with Crippen LogP contribution in [-0.2, 0) is 0 Å². The van der Waals surface area contributed by atoms with Crippen molar-refractivity contribution in [1.29, 1.82) is 0 Å². The number of anilines is 1. The van der Waals surface area contributed by atoms with Crippen LogP contribution in [0.1, 0.15) is 17.0 Å². The summed E-state index contributed by atoms with van der Waals surface area (Å²) in [5.41, 5.74) is 6.58. The van der Waals surface area contributed by atoms with Gasteiger partial charge in [-0.15, -0.1) is 0 Å². The summed E-state index contributed by atoms with van der Waals surface area (Å²) < 4.78 is 2.06. The third kappa shape index (κ3) is 3.54. The van der Waals surface area contributed by atoms with E-state index in [0.717, 1.165) is 22.6 Å². The van der Waals surface area contributed by atoms with Crippen LogP contribution in [0.15, 0.2) is 53.8 Å². The van der Waals surface area contributed by atoms with E-state index < -0.39 is 4.92 Å². The molecule has 1 aromatic carbocycles. The maximum absolute atomic E-state index is 10.6. The van der Waals surface area contributed by atoms with Crippen LogP contribution in [0.4, 0.5) is 11.5 Å². The van der Waals surface area contributed by atoms with E-state index in [1.54, 1.807) is 18.3 Å². The Morgan fingerprint density at radius 3 is 2.58 bits per heavy atom. The number of phenolic OH excluding ortho intramolecular Hbond substituents is 1. The van der Waals surface area contributed by atoms with Gasteiger partial charge in [-0.25, -0.2) is 4.98 Å². The summed E-state index contributed by atoms with van der Waals surface area (Å²) in [6, 6.07) is 11.8. The molecule has 2 aromatic heterocycles. The first-order valence-corrected chi connectivity index (χ1v) is 7.83. The standard InChI is InChI=1S/C18H17N5O3/c1-12-9-14(13(2)22(12)15-3-6-17(24)7-4-15)10-20-21-18-8-5-16(11-19-18)23(25)26/h3-11,24H,1-2H3,(H,19,21)/b20-10-. The van der Waals surface area contributed by atoms with E-state index in [9.17, 15) is 15.2 Å². The van der Waals surface area contributed by atoms with E-state index in [0.29, 0.717) is 5.82 Å². The largest absolute Gasteiger partial charge is 0.508 e. The summed E-state index contributed by atoms with van der Waals surface area (Å²) in [6.45, 7) is 3.97. The van der Waals surface area contributed by atoms with Crippen LogP contribution in [0.25, 0.3) is 5.69 Å². The molecule has 8 nitrogen and oxygen atoms in total. The highest BCUT2D eigenvalue weighted by molar-refractivity contribution is 5.82. The van der Waals surface area contributed by atoms with Gasteiger partial charge in [0, 0.05) is 28.7 Å². The Balaban J connectivity index is 1.78. The van der Waals surface area contributed by atoms with E-state index in [1.807, 2.05) is 32.0 Å². The molecule has 2 heterocycles. The van der Waals surface area contributed by atoms with Gasteiger partial charge < -0.3 is 9.67 Å². The number of rotatable bonds is 5. The zero-order valence-electron chi connectivity index (χ0n) is 14.2. The maximum Gasteiger partial charge on any atom is 0.287 e. The first kappa shape index (κ1) is 17.2. The molecule has 0 spiro atoms. The van der Waals surface area contributed by atoms with Crippen molar-refractivity contribution in [2.75, 3.05) is 5.43 Å². The number of pyridine rings is 1. The monoisotopic (exact) mass is 351 g/mol. The number of nitrogens with one attached hydrogen (secondary N) is 1. The van der Waals surface area contributed by atoms with Gasteiger partial charge in [0.25, 0.3) is 5.69 Å². The van der Waals surface area contributed by atoms with Gasteiger partial charge in [0.05, 0.1) is 11.1 Å². The summed E-state index contributed by atoms with van der Waals surface area (Å²) in [5.74, 6) is 0.636. The average Bonchev–Trinajstić information content (AvgIpc) is 2.90. The summed E-state index contributed by atoms with van der Waals surface area (Å²) in [6.07, 6.45) is 2.84. The summed E-state index contributed by atoms with van der Waals surface area (Å²) >= 11 is 0. The molecule has 0 fully saturated rings. The lowest BCUT2D eigenvalue weighted by atomic mass is 10.2. The van der Waals surface area contributed by atoms with Crippen LogP contribution in [0.2, 0.25) is 0 Å². The molecule has 0 radical (unpaired) electrons. The van der Waals surface area contributed by atoms with Crippen LogP contribution in [0.3, 0.4) is 0 Å². The molecule has 3 aromatic rings. The van der Waals surface area contributed by atoms with E-state index in [2.05, 4.69) is 20.1 Å². The highest BCUT2D eigenvalue weighted by Gasteiger charge is 2.09. The van der Waals surface area contributed by atoms with Gasteiger partial charge in [0.2, 0.25) is 0 Å². The van der Waals surface area contributed by atoms with Crippen molar-refractivity contribution in [3.05, 3.63) is 75.7 Å². The Bertz CT molecular complexity index is 960. The summed E-state index contributed by atoms with van der Waals surface area (Å²) in [5, 5.41) is 24.2. The van der Waals surface area contributed by atoms with Gasteiger partial charge in [0.1, 0.15) is 17.8 Å². The summed E-state index contributed by atoms with van der Waals surface area (Å²) in [7, 11) is 0. The minimum absolute atomic E-state index is 0.0722. The van der Waals surface area contributed by atoms with Crippen molar-refractivity contribution in [2.45, 2.75) is 13.8 Å². The minimum Gasteiger partial charge on any atom is -0.508 e. The number of aryl methyl sites for hydroxylation is 1. The Morgan fingerprint density at radius 1 is 1.23 bits per heavy atom.